The van der Waals surface area contributed by atoms with E-state index in [4.69, 9.17) is 19.9 Å². The smallest absolute Gasteiger partial charge is 0.231 e. The predicted octanol–water partition coefficient (Wildman–Crippen LogP) is 2.41. The average Bonchev–Trinajstić information content (AvgIpc) is 2.93. The summed E-state index contributed by atoms with van der Waals surface area (Å²) in [5.74, 6) is 2.10. The number of aromatic nitrogens is 1. The number of pyridine rings is 1. The minimum atomic E-state index is -0.0228. The highest BCUT2D eigenvalue weighted by Gasteiger charge is 2.13. The average molecular weight is 272 g/mol. The zero-order chi connectivity index (χ0) is 13.9. The van der Waals surface area contributed by atoms with Gasteiger partial charge in [0.1, 0.15) is 6.61 Å². The molecule has 1 aliphatic heterocycles. The fourth-order valence-electron chi connectivity index (χ4n) is 1.93. The number of hydrogen-bond acceptors (Lipinski definition) is 5. The van der Waals surface area contributed by atoms with E-state index in [1.165, 1.54) is 0 Å². The van der Waals surface area contributed by atoms with Crippen LogP contribution in [-0.2, 0) is 6.61 Å². The Morgan fingerprint density at radius 3 is 2.85 bits per heavy atom. The second-order valence-electron chi connectivity index (χ2n) is 4.69. The first-order valence-corrected chi connectivity index (χ1v) is 6.45. The Balaban J connectivity index is 1.64. The van der Waals surface area contributed by atoms with Gasteiger partial charge in [0.15, 0.2) is 11.5 Å². The highest BCUT2D eigenvalue weighted by molar-refractivity contribution is 5.44. The fraction of sp³-hybridized carbons (Fsp3) is 0.267. The molecule has 0 saturated heterocycles. The van der Waals surface area contributed by atoms with E-state index in [-0.39, 0.29) is 12.8 Å². The molecule has 0 saturated carbocycles. The minimum absolute atomic E-state index is 0.0228. The number of rotatable bonds is 4. The fourth-order valence-corrected chi connectivity index (χ4v) is 1.93. The molecule has 5 heteroatoms. The lowest BCUT2D eigenvalue weighted by atomic mass is 10.2. The summed E-state index contributed by atoms with van der Waals surface area (Å²) in [6, 6.07) is 9.47. The van der Waals surface area contributed by atoms with Crippen molar-refractivity contribution in [3.05, 3.63) is 47.7 Å². The number of hydrogen-bond donors (Lipinski definition) is 1. The van der Waals surface area contributed by atoms with E-state index in [0.29, 0.717) is 12.5 Å². The molecule has 1 atom stereocenters. The Labute approximate surface area is 117 Å². The van der Waals surface area contributed by atoms with Crippen molar-refractivity contribution < 1.29 is 14.2 Å². The van der Waals surface area contributed by atoms with Gasteiger partial charge in [0.2, 0.25) is 12.7 Å². The van der Waals surface area contributed by atoms with Crippen molar-refractivity contribution in [2.45, 2.75) is 19.6 Å². The molecule has 20 heavy (non-hydrogen) atoms. The quantitative estimate of drug-likeness (QED) is 0.925. The number of nitrogens with two attached hydrogens (primary N) is 1. The molecule has 3 rings (SSSR count). The first-order chi connectivity index (χ1) is 9.72. The van der Waals surface area contributed by atoms with Gasteiger partial charge >= 0.3 is 0 Å². The van der Waals surface area contributed by atoms with Crippen LogP contribution in [0.15, 0.2) is 36.5 Å². The molecule has 1 aromatic carbocycles. The van der Waals surface area contributed by atoms with Crippen LogP contribution < -0.4 is 19.9 Å². The van der Waals surface area contributed by atoms with Gasteiger partial charge in [-0.15, -0.1) is 0 Å². The summed E-state index contributed by atoms with van der Waals surface area (Å²) in [4.78, 5) is 4.23. The third-order valence-corrected chi connectivity index (χ3v) is 3.11. The number of ether oxygens (including phenoxy) is 3. The number of fused-ring (bicyclic) bond motifs is 1. The van der Waals surface area contributed by atoms with E-state index < -0.39 is 0 Å². The van der Waals surface area contributed by atoms with Crippen LogP contribution >= 0.6 is 0 Å². The second-order valence-corrected chi connectivity index (χ2v) is 4.69. The monoisotopic (exact) mass is 272 g/mol. The molecule has 2 heterocycles. The van der Waals surface area contributed by atoms with Crippen LogP contribution in [0.5, 0.6) is 17.4 Å². The maximum Gasteiger partial charge on any atom is 0.231 e. The SMILES string of the molecule is CC(N)c1ccc(OCc2ccc3c(c2)OCO3)nc1. The van der Waals surface area contributed by atoms with Gasteiger partial charge in [-0.1, -0.05) is 12.1 Å². The van der Waals surface area contributed by atoms with Gasteiger partial charge in [-0.25, -0.2) is 4.98 Å². The zero-order valence-electron chi connectivity index (χ0n) is 11.2. The molecule has 1 aliphatic rings. The Bertz CT molecular complexity index is 597. The molecule has 1 unspecified atom stereocenters. The molecule has 2 aromatic rings. The van der Waals surface area contributed by atoms with E-state index >= 15 is 0 Å². The summed E-state index contributed by atoms with van der Waals surface area (Å²) in [7, 11) is 0. The van der Waals surface area contributed by atoms with Crippen molar-refractivity contribution in [3.8, 4) is 17.4 Å². The van der Waals surface area contributed by atoms with Crippen molar-refractivity contribution in [1.82, 2.24) is 4.98 Å². The van der Waals surface area contributed by atoms with Crippen LogP contribution in [0, 0.1) is 0 Å². The Hall–Kier alpha value is -2.27. The summed E-state index contributed by atoms with van der Waals surface area (Å²) < 4.78 is 16.2. The van der Waals surface area contributed by atoms with Crippen molar-refractivity contribution in [2.24, 2.45) is 5.73 Å². The van der Waals surface area contributed by atoms with Gasteiger partial charge in [-0.05, 0) is 30.2 Å². The van der Waals surface area contributed by atoms with Crippen LogP contribution in [0.2, 0.25) is 0 Å². The van der Waals surface area contributed by atoms with E-state index in [2.05, 4.69) is 4.98 Å². The van der Waals surface area contributed by atoms with Crippen LogP contribution in [0.4, 0.5) is 0 Å². The maximum atomic E-state index is 5.77. The highest BCUT2D eigenvalue weighted by atomic mass is 16.7. The molecule has 104 valence electrons. The van der Waals surface area contributed by atoms with Gasteiger partial charge in [-0.3, -0.25) is 0 Å². The lowest BCUT2D eigenvalue weighted by Crippen LogP contribution is -2.05. The van der Waals surface area contributed by atoms with Gasteiger partial charge < -0.3 is 19.9 Å². The molecule has 1 aromatic heterocycles. The topological polar surface area (TPSA) is 66.6 Å². The van der Waals surface area contributed by atoms with Gasteiger partial charge in [-0.2, -0.15) is 0 Å². The van der Waals surface area contributed by atoms with Gasteiger partial charge in [0.25, 0.3) is 0 Å². The molecular weight excluding hydrogens is 256 g/mol. The lowest BCUT2D eigenvalue weighted by Gasteiger charge is -2.08. The molecule has 5 nitrogen and oxygen atoms in total. The maximum absolute atomic E-state index is 5.77. The summed E-state index contributed by atoms with van der Waals surface area (Å²) in [6.07, 6.45) is 1.74. The lowest BCUT2D eigenvalue weighted by molar-refractivity contribution is 0.174. The Morgan fingerprint density at radius 1 is 1.25 bits per heavy atom. The van der Waals surface area contributed by atoms with Crippen LogP contribution in [-0.4, -0.2) is 11.8 Å². The number of benzene rings is 1. The van der Waals surface area contributed by atoms with Gasteiger partial charge in [0.05, 0.1) is 0 Å². The zero-order valence-corrected chi connectivity index (χ0v) is 11.2. The van der Waals surface area contributed by atoms with E-state index in [0.717, 1.165) is 22.6 Å². The third kappa shape index (κ3) is 2.67. The van der Waals surface area contributed by atoms with Crippen molar-refractivity contribution in [2.75, 3.05) is 6.79 Å². The summed E-state index contributed by atoms with van der Waals surface area (Å²) >= 11 is 0. The summed E-state index contributed by atoms with van der Waals surface area (Å²) in [5.41, 5.74) is 7.77. The molecular formula is C15H16N2O3. The van der Waals surface area contributed by atoms with Crippen LogP contribution in [0.1, 0.15) is 24.1 Å². The molecule has 0 radical (unpaired) electrons. The van der Waals surface area contributed by atoms with E-state index in [9.17, 15) is 0 Å². The predicted molar refractivity (Wildman–Crippen MR) is 73.7 cm³/mol. The van der Waals surface area contributed by atoms with E-state index in [1.54, 1.807) is 6.20 Å². The van der Waals surface area contributed by atoms with Crippen molar-refractivity contribution in [1.29, 1.82) is 0 Å². The molecule has 0 bridgehead atoms. The van der Waals surface area contributed by atoms with E-state index in [1.807, 2.05) is 37.3 Å². The molecule has 0 spiro atoms. The minimum Gasteiger partial charge on any atom is -0.473 e. The highest BCUT2D eigenvalue weighted by Crippen LogP contribution is 2.32. The first-order valence-electron chi connectivity index (χ1n) is 6.45. The largest absolute Gasteiger partial charge is 0.473 e. The molecule has 2 N–H and O–H groups in total. The third-order valence-electron chi connectivity index (χ3n) is 3.11. The van der Waals surface area contributed by atoms with Gasteiger partial charge in [0, 0.05) is 18.3 Å². The first kappa shape index (κ1) is 12.7. The normalized spacial score (nSPS) is 14.1. The number of nitrogens with zero attached hydrogens (tertiary/aromatic N) is 1. The van der Waals surface area contributed by atoms with Crippen LogP contribution in [0.25, 0.3) is 0 Å². The van der Waals surface area contributed by atoms with Crippen LogP contribution in [0.3, 0.4) is 0 Å². The molecule has 0 fully saturated rings. The molecule has 0 aliphatic carbocycles. The Morgan fingerprint density at radius 2 is 2.10 bits per heavy atom. The summed E-state index contributed by atoms with van der Waals surface area (Å²) in [5, 5.41) is 0. The summed E-state index contributed by atoms with van der Waals surface area (Å²) in [6.45, 7) is 2.63. The molecule has 0 amide bonds. The Kier molecular flexibility index (Phi) is 3.43. The van der Waals surface area contributed by atoms with Crippen molar-refractivity contribution in [3.63, 3.8) is 0 Å². The van der Waals surface area contributed by atoms with Crippen molar-refractivity contribution >= 4 is 0 Å². The standard InChI is InChI=1S/C15H16N2O3/c1-10(16)12-3-5-15(17-7-12)18-8-11-2-4-13-14(6-11)20-9-19-13/h2-7,10H,8-9,16H2,1H3. The second kappa shape index (κ2) is 5.38.